The summed E-state index contributed by atoms with van der Waals surface area (Å²) in [5.74, 6) is -1.09. The summed E-state index contributed by atoms with van der Waals surface area (Å²) >= 11 is 0. The maximum absolute atomic E-state index is 10.9. The SMILES string of the molecule is O=C(O)c1nnc(C2(c3ccccc3)CCCC2)o1. The molecule has 0 bridgehead atoms. The Balaban J connectivity index is 2.08. The Hall–Kier alpha value is -2.17. The second-order valence-electron chi connectivity index (χ2n) is 4.87. The van der Waals surface area contributed by atoms with Crippen LogP contribution in [0.15, 0.2) is 34.7 Å². The third-order valence-electron chi connectivity index (χ3n) is 3.80. The maximum atomic E-state index is 10.9. The number of carboxylic acid groups (broad SMARTS) is 1. The largest absolute Gasteiger partial charge is 0.474 e. The van der Waals surface area contributed by atoms with Crippen molar-refractivity contribution >= 4 is 5.97 Å². The molecule has 0 spiro atoms. The van der Waals surface area contributed by atoms with Gasteiger partial charge in [-0.15, -0.1) is 10.2 Å². The Bertz CT molecular complexity index is 586. The van der Waals surface area contributed by atoms with Gasteiger partial charge in [-0.2, -0.15) is 0 Å². The molecule has 1 aromatic carbocycles. The molecule has 1 saturated carbocycles. The van der Waals surface area contributed by atoms with Crippen LogP contribution in [0, 0.1) is 0 Å². The molecule has 1 aliphatic carbocycles. The van der Waals surface area contributed by atoms with Crippen molar-refractivity contribution in [3.05, 3.63) is 47.7 Å². The number of nitrogens with zero attached hydrogens (tertiary/aromatic N) is 2. The zero-order valence-corrected chi connectivity index (χ0v) is 10.4. The second-order valence-corrected chi connectivity index (χ2v) is 4.87. The van der Waals surface area contributed by atoms with E-state index in [2.05, 4.69) is 10.2 Å². The van der Waals surface area contributed by atoms with Crippen LogP contribution in [0.4, 0.5) is 0 Å². The van der Waals surface area contributed by atoms with Gasteiger partial charge in [0.05, 0.1) is 5.41 Å². The van der Waals surface area contributed by atoms with Gasteiger partial charge in [-0.1, -0.05) is 43.2 Å². The van der Waals surface area contributed by atoms with Crippen molar-refractivity contribution in [2.45, 2.75) is 31.1 Å². The van der Waals surface area contributed by atoms with Crippen molar-refractivity contribution in [3.63, 3.8) is 0 Å². The molecule has 5 nitrogen and oxygen atoms in total. The second kappa shape index (κ2) is 4.50. The van der Waals surface area contributed by atoms with Crippen LogP contribution in [-0.2, 0) is 5.41 Å². The molecular weight excluding hydrogens is 244 g/mol. The van der Waals surface area contributed by atoms with Gasteiger partial charge in [0, 0.05) is 0 Å². The van der Waals surface area contributed by atoms with Crippen LogP contribution in [0.1, 0.15) is 47.8 Å². The number of carboxylic acids is 1. The quantitative estimate of drug-likeness (QED) is 0.915. The highest BCUT2D eigenvalue weighted by atomic mass is 16.4. The smallest absolute Gasteiger partial charge is 0.393 e. The van der Waals surface area contributed by atoms with E-state index in [1.54, 1.807) is 0 Å². The van der Waals surface area contributed by atoms with E-state index in [9.17, 15) is 4.79 Å². The normalized spacial score (nSPS) is 17.5. The van der Waals surface area contributed by atoms with Crippen LogP contribution in [0.25, 0.3) is 0 Å². The summed E-state index contributed by atoms with van der Waals surface area (Å²) in [5.41, 5.74) is 0.801. The zero-order valence-electron chi connectivity index (χ0n) is 10.4. The number of rotatable bonds is 3. The minimum Gasteiger partial charge on any atom is -0.474 e. The topological polar surface area (TPSA) is 76.2 Å². The molecule has 0 aliphatic heterocycles. The average molecular weight is 258 g/mol. The van der Waals surface area contributed by atoms with E-state index < -0.39 is 5.97 Å². The van der Waals surface area contributed by atoms with E-state index in [1.807, 2.05) is 30.3 Å². The lowest BCUT2D eigenvalue weighted by molar-refractivity contribution is 0.0649. The Labute approximate surface area is 110 Å². The molecule has 0 radical (unpaired) electrons. The first kappa shape index (κ1) is 11.9. The summed E-state index contributed by atoms with van der Waals surface area (Å²) < 4.78 is 5.37. The highest BCUT2D eigenvalue weighted by Gasteiger charge is 2.42. The van der Waals surface area contributed by atoms with Gasteiger partial charge in [0.1, 0.15) is 0 Å². The fourth-order valence-corrected chi connectivity index (χ4v) is 2.86. The lowest BCUT2D eigenvalue weighted by Crippen LogP contribution is -2.24. The molecule has 19 heavy (non-hydrogen) atoms. The molecule has 0 saturated heterocycles. The molecule has 1 fully saturated rings. The van der Waals surface area contributed by atoms with Crippen molar-refractivity contribution in [1.82, 2.24) is 10.2 Å². The average Bonchev–Trinajstić information content (AvgIpc) is 3.09. The van der Waals surface area contributed by atoms with Gasteiger partial charge in [-0.05, 0) is 18.4 Å². The predicted octanol–water partition coefficient (Wildman–Crippen LogP) is 2.63. The molecule has 0 unspecified atom stereocenters. The number of benzene rings is 1. The fourth-order valence-electron chi connectivity index (χ4n) is 2.86. The monoisotopic (exact) mass is 258 g/mol. The molecular formula is C14H14N2O3. The van der Waals surface area contributed by atoms with Crippen molar-refractivity contribution < 1.29 is 14.3 Å². The van der Waals surface area contributed by atoms with Crippen LogP contribution < -0.4 is 0 Å². The van der Waals surface area contributed by atoms with Crippen LogP contribution in [0.5, 0.6) is 0 Å². The molecule has 1 aliphatic rings. The summed E-state index contributed by atoms with van der Waals surface area (Å²) in [6.45, 7) is 0. The maximum Gasteiger partial charge on any atom is 0.393 e. The summed E-state index contributed by atoms with van der Waals surface area (Å²) in [5, 5.41) is 16.5. The number of hydrogen-bond donors (Lipinski definition) is 1. The van der Waals surface area contributed by atoms with Gasteiger partial charge in [0.25, 0.3) is 0 Å². The number of carbonyl (C=O) groups is 1. The van der Waals surface area contributed by atoms with Gasteiger partial charge >= 0.3 is 11.9 Å². The highest BCUT2D eigenvalue weighted by Crippen LogP contribution is 2.45. The van der Waals surface area contributed by atoms with Crippen LogP contribution in [0.2, 0.25) is 0 Å². The minimum absolute atomic E-state index is 0.317. The van der Waals surface area contributed by atoms with Crippen LogP contribution in [-0.4, -0.2) is 21.3 Å². The third kappa shape index (κ3) is 1.91. The first-order valence-electron chi connectivity index (χ1n) is 6.35. The number of hydrogen-bond acceptors (Lipinski definition) is 4. The lowest BCUT2D eigenvalue weighted by atomic mass is 9.79. The Morgan fingerprint density at radius 1 is 1.16 bits per heavy atom. The Morgan fingerprint density at radius 2 is 1.84 bits per heavy atom. The summed E-state index contributed by atoms with van der Waals surface area (Å²) in [4.78, 5) is 10.9. The molecule has 5 heteroatoms. The molecule has 2 aromatic rings. The Kier molecular flexibility index (Phi) is 2.81. The molecule has 98 valence electrons. The predicted molar refractivity (Wildman–Crippen MR) is 66.9 cm³/mol. The molecule has 1 N–H and O–H groups in total. The van der Waals surface area contributed by atoms with E-state index in [0.717, 1.165) is 31.2 Å². The van der Waals surface area contributed by atoms with Crippen molar-refractivity contribution in [2.75, 3.05) is 0 Å². The Morgan fingerprint density at radius 3 is 2.42 bits per heavy atom. The van der Waals surface area contributed by atoms with Crippen LogP contribution >= 0.6 is 0 Å². The molecule has 0 amide bonds. The first-order chi connectivity index (χ1) is 9.22. The van der Waals surface area contributed by atoms with Gasteiger partial charge in [-0.25, -0.2) is 4.79 Å². The summed E-state index contributed by atoms with van der Waals surface area (Å²) in [7, 11) is 0. The highest BCUT2D eigenvalue weighted by molar-refractivity contribution is 5.81. The standard InChI is InChI=1S/C14H14N2O3/c17-12(18)11-15-16-13(19-11)14(8-4-5-9-14)10-6-2-1-3-7-10/h1-3,6-7H,4-5,8-9H2,(H,17,18). The molecule has 1 aromatic heterocycles. The van der Waals surface area contributed by atoms with Crippen molar-refractivity contribution in [3.8, 4) is 0 Å². The van der Waals surface area contributed by atoms with Gasteiger partial charge in [-0.3, -0.25) is 0 Å². The zero-order chi connectivity index (χ0) is 13.3. The first-order valence-corrected chi connectivity index (χ1v) is 6.35. The van der Waals surface area contributed by atoms with E-state index in [-0.39, 0.29) is 11.3 Å². The number of aromatic carboxylic acids is 1. The van der Waals surface area contributed by atoms with E-state index >= 15 is 0 Å². The third-order valence-corrected chi connectivity index (χ3v) is 3.80. The number of aromatic nitrogens is 2. The van der Waals surface area contributed by atoms with E-state index in [4.69, 9.17) is 9.52 Å². The van der Waals surface area contributed by atoms with Crippen molar-refractivity contribution in [1.29, 1.82) is 0 Å². The minimum atomic E-state index is -1.18. The fraction of sp³-hybridized carbons (Fsp3) is 0.357. The molecule has 0 atom stereocenters. The van der Waals surface area contributed by atoms with Crippen LogP contribution in [0.3, 0.4) is 0 Å². The van der Waals surface area contributed by atoms with E-state index in [1.165, 1.54) is 0 Å². The van der Waals surface area contributed by atoms with Gasteiger partial charge in [0.2, 0.25) is 5.89 Å². The summed E-state index contributed by atoms with van der Waals surface area (Å²) in [6.07, 6.45) is 4.00. The summed E-state index contributed by atoms with van der Waals surface area (Å²) in [6, 6.07) is 9.99. The molecule has 3 rings (SSSR count). The van der Waals surface area contributed by atoms with Crippen molar-refractivity contribution in [2.24, 2.45) is 0 Å². The lowest BCUT2D eigenvalue weighted by Gasteiger charge is -2.25. The van der Waals surface area contributed by atoms with E-state index in [0.29, 0.717) is 5.89 Å². The van der Waals surface area contributed by atoms with Gasteiger partial charge in [0.15, 0.2) is 0 Å². The van der Waals surface area contributed by atoms with Gasteiger partial charge < -0.3 is 9.52 Å². The molecule has 1 heterocycles.